The van der Waals surface area contributed by atoms with E-state index in [-0.39, 0.29) is 11.7 Å². The van der Waals surface area contributed by atoms with Crippen LogP contribution in [-0.4, -0.2) is 12.4 Å². The molecule has 1 aromatic rings. The fourth-order valence-corrected chi connectivity index (χ4v) is 2.40. The van der Waals surface area contributed by atoms with E-state index in [4.69, 9.17) is 4.74 Å². The summed E-state index contributed by atoms with van der Waals surface area (Å²) in [6, 6.07) is 5.59. The Balaban J connectivity index is 2.18. The van der Waals surface area contributed by atoms with Crippen molar-refractivity contribution >= 4 is 21.7 Å². The predicted molar refractivity (Wildman–Crippen MR) is 67.0 cm³/mol. The van der Waals surface area contributed by atoms with Crippen molar-refractivity contribution in [2.75, 3.05) is 6.61 Å². The highest BCUT2D eigenvalue weighted by atomic mass is 79.9. The van der Waals surface area contributed by atoms with Gasteiger partial charge in [-0.05, 0) is 53.9 Å². The van der Waals surface area contributed by atoms with Crippen LogP contribution in [0.4, 0.5) is 0 Å². The van der Waals surface area contributed by atoms with Crippen LogP contribution >= 0.6 is 15.9 Å². The molecule has 0 atom stereocenters. The van der Waals surface area contributed by atoms with Crippen molar-refractivity contribution in [2.24, 2.45) is 5.92 Å². The van der Waals surface area contributed by atoms with Crippen LogP contribution in [-0.2, 0) is 0 Å². The van der Waals surface area contributed by atoms with Gasteiger partial charge in [0.25, 0.3) is 0 Å². The number of halogens is 1. The van der Waals surface area contributed by atoms with Crippen molar-refractivity contribution in [3.05, 3.63) is 28.2 Å². The van der Waals surface area contributed by atoms with Gasteiger partial charge in [0.05, 0.1) is 6.61 Å². The van der Waals surface area contributed by atoms with Crippen LogP contribution in [0.25, 0.3) is 0 Å². The standard InChI is InChI=1S/C13H15BrO2/c1-2-16-10-6-7-11(12(14)8-10)13(15)9-4-3-5-9/h6-9H,2-5H2,1H3. The number of benzene rings is 1. The minimum Gasteiger partial charge on any atom is -0.494 e. The summed E-state index contributed by atoms with van der Waals surface area (Å²) < 4.78 is 6.22. The first kappa shape index (κ1) is 11.6. The highest BCUT2D eigenvalue weighted by Crippen LogP contribution is 2.33. The van der Waals surface area contributed by atoms with Gasteiger partial charge in [-0.2, -0.15) is 0 Å². The number of Topliss-reactive ketones (excluding diaryl/α,β-unsaturated/α-hetero) is 1. The van der Waals surface area contributed by atoms with Gasteiger partial charge in [0.1, 0.15) is 5.75 Å². The molecule has 0 bridgehead atoms. The third-order valence-electron chi connectivity index (χ3n) is 2.99. The number of carbonyl (C=O) groups excluding carboxylic acids is 1. The van der Waals surface area contributed by atoms with Gasteiger partial charge in [-0.25, -0.2) is 0 Å². The van der Waals surface area contributed by atoms with E-state index in [1.165, 1.54) is 6.42 Å². The molecule has 0 saturated heterocycles. The molecule has 2 rings (SSSR count). The van der Waals surface area contributed by atoms with E-state index in [9.17, 15) is 4.79 Å². The topological polar surface area (TPSA) is 26.3 Å². The Morgan fingerprint density at radius 3 is 2.75 bits per heavy atom. The average molecular weight is 283 g/mol. The van der Waals surface area contributed by atoms with Crippen LogP contribution in [0.15, 0.2) is 22.7 Å². The molecule has 0 radical (unpaired) electrons. The first-order chi connectivity index (χ1) is 7.72. The summed E-state index contributed by atoms with van der Waals surface area (Å²) in [6.07, 6.45) is 3.27. The maximum Gasteiger partial charge on any atom is 0.167 e. The molecule has 16 heavy (non-hydrogen) atoms. The average Bonchev–Trinajstić information content (AvgIpc) is 2.15. The smallest absolute Gasteiger partial charge is 0.167 e. The number of ketones is 1. The van der Waals surface area contributed by atoms with Gasteiger partial charge < -0.3 is 4.74 Å². The molecule has 2 nitrogen and oxygen atoms in total. The van der Waals surface area contributed by atoms with E-state index in [0.29, 0.717) is 6.61 Å². The molecule has 86 valence electrons. The monoisotopic (exact) mass is 282 g/mol. The lowest BCUT2D eigenvalue weighted by molar-refractivity contribution is 0.0854. The highest BCUT2D eigenvalue weighted by molar-refractivity contribution is 9.10. The molecule has 3 heteroatoms. The van der Waals surface area contributed by atoms with Crippen molar-refractivity contribution in [2.45, 2.75) is 26.2 Å². The zero-order valence-electron chi connectivity index (χ0n) is 9.33. The van der Waals surface area contributed by atoms with Crippen molar-refractivity contribution < 1.29 is 9.53 Å². The molecule has 0 N–H and O–H groups in total. The molecule has 1 aliphatic rings. The molecule has 0 aliphatic heterocycles. The summed E-state index contributed by atoms with van der Waals surface area (Å²) in [7, 11) is 0. The van der Waals surface area contributed by atoms with Crippen molar-refractivity contribution in [1.82, 2.24) is 0 Å². The lowest BCUT2D eigenvalue weighted by atomic mass is 9.80. The summed E-state index contributed by atoms with van der Waals surface area (Å²) >= 11 is 3.44. The van der Waals surface area contributed by atoms with Gasteiger partial charge in [-0.3, -0.25) is 4.79 Å². The van der Waals surface area contributed by atoms with Crippen LogP contribution in [0.1, 0.15) is 36.5 Å². The fourth-order valence-electron chi connectivity index (χ4n) is 1.84. The van der Waals surface area contributed by atoms with Gasteiger partial charge in [-0.15, -0.1) is 0 Å². The first-order valence-corrected chi connectivity index (χ1v) is 6.48. The molecule has 0 aromatic heterocycles. The molecule has 1 aromatic carbocycles. The van der Waals surface area contributed by atoms with Gasteiger partial charge >= 0.3 is 0 Å². The van der Waals surface area contributed by atoms with Crippen molar-refractivity contribution in [3.8, 4) is 5.75 Å². The Morgan fingerprint density at radius 1 is 1.50 bits per heavy atom. The maximum absolute atomic E-state index is 12.0. The minimum absolute atomic E-state index is 0.245. The fraction of sp³-hybridized carbons (Fsp3) is 0.462. The first-order valence-electron chi connectivity index (χ1n) is 5.69. The Kier molecular flexibility index (Phi) is 3.64. The molecule has 0 heterocycles. The largest absolute Gasteiger partial charge is 0.494 e. The Hall–Kier alpha value is -0.830. The molecule has 1 aliphatic carbocycles. The van der Waals surface area contributed by atoms with Crippen LogP contribution in [0, 0.1) is 5.92 Å². The second-order valence-corrected chi connectivity index (χ2v) is 4.92. The molecule has 1 saturated carbocycles. The SMILES string of the molecule is CCOc1ccc(C(=O)C2CCC2)c(Br)c1. The van der Waals surface area contributed by atoms with E-state index in [1.54, 1.807) is 0 Å². The Bertz CT molecular complexity index is 397. The Morgan fingerprint density at radius 2 is 2.25 bits per heavy atom. The molecular weight excluding hydrogens is 268 g/mol. The summed E-state index contributed by atoms with van der Waals surface area (Å²) in [5, 5.41) is 0. The highest BCUT2D eigenvalue weighted by Gasteiger charge is 2.27. The van der Waals surface area contributed by atoms with Gasteiger partial charge in [-0.1, -0.05) is 6.42 Å². The van der Waals surface area contributed by atoms with Crippen molar-refractivity contribution in [1.29, 1.82) is 0 Å². The summed E-state index contributed by atoms with van der Waals surface area (Å²) in [5.74, 6) is 1.31. The molecular formula is C13H15BrO2. The zero-order valence-corrected chi connectivity index (χ0v) is 10.9. The van der Waals surface area contributed by atoms with E-state index in [1.807, 2.05) is 25.1 Å². The quantitative estimate of drug-likeness (QED) is 0.785. The predicted octanol–water partition coefficient (Wildman–Crippen LogP) is 3.83. The number of ether oxygens (including phenoxy) is 1. The maximum atomic E-state index is 12.0. The minimum atomic E-state index is 0.245. The summed E-state index contributed by atoms with van der Waals surface area (Å²) in [4.78, 5) is 12.0. The normalized spacial score (nSPS) is 15.6. The third-order valence-corrected chi connectivity index (χ3v) is 3.65. The van der Waals surface area contributed by atoms with E-state index >= 15 is 0 Å². The number of carbonyl (C=O) groups is 1. The van der Waals surface area contributed by atoms with E-state index in [0.717, 1.165) is 28.6 Å². The molecule has 1 fully saturated rings. The van der Waals surface area contributed by atoms with Crippen LogP contribution < -0.4 is 4.74 Å². The molecule has 0 unspecified atom stereocenters. The lowest BCUT2D eigenvalue weighted by Crippen LogP contribution is -2.22. The number of hydrogen-bond acceptors (Lipinski definition) is 2. The zero-order chi connectivity index (χ0) is 11.5. The van der Waals surface area contributed by atoms with Gasteiger partial charge in [0.15, 0.2) is 5.78 Å². The summed E-state index contributed by atoms with van der Waals surface area (Å²) in [6.45, 7) is 2.59. The van der Waals surface area contributed by atoms with Crippen molar-refractivity contribution in [3.63, 3.8) is 0 Å². The Labute approximate surface area is 104 Å². The van der Waals surface area contributed by atoms with Crippen LogP contribution in [0.5, 0.6) is 5.75 Å². The van der Waals surface area contributed by atoms with Gasteiger partial charge in [0, 0.05) is 16.0 Å². The molecule has 0 amide bonds. The molecule has 0 spiro atoms. The second kappa shape index (κ2) is 5.00. The van der Waals surface area contributed by atoms with Crippen LogP contribution in [0.2, 0.25) is 0 Å². The lowest BCUT2D eigenvalue weighted by Gasteiger charge is -2.24. The third kappa shape index (κ3) is 2.29. The number of rotatable bonds is 4. The summed E-state index contributed by atoms with van der Waals surface area (Å²) in [5.41, 5.74) is 0.785. The van der Waals surface area contributed by atoms with Crippen LogP contribution in [0.3, 0.4) is 0 Å². The van der Waals surface area contributed by atoms with Gasteiger partial charge in [0.2, 0.25) is 0 Å². The number of hydrogen-bond donors (Lipinski definition) is 0. The van der Waals surface area contributed by atoms with E-state index < -0.39 is 0 Å². The second-order valence-electron chi connectivity index (χ2n) is 4.07. The van der Waals surface area contributed by atoms with E-state index in [2.05, 4.69) is 15.9 Å².